The second-order valence-electron chi connectivity index (χ2n) is 5.79. The van der Waals surface area contributed by atoms with Gasteiger partial charge in [-0.25, -0.2) is 8.78 Å². The van der Waals surface area contributed by atoms with Crippen molar-refractivity contribution in [3.8, 4) is 0 Å². The van der Waals surface area contributed by atoms with Gasteiger partial charge in [0.25, 0.3) is 0 Å². The smallest absolute Gasteiger partial charge is 0.149 e. The number of hydrogen-bond acceptors (Lipinski definition) is 2. The molecule has 4 heteroatoms. The van der Waals surface area contributed by atoms with Crippen LogP contribution in [-0.2, 0) is 6.42 Å². The Bertz CT molecular complexity index is 439. The Hall–Kier alpha value is -1.16. The van der Waals surface area contributed by atoms with E-state index in [0.29, 0.717) is 17.9 Å². The summed E-state index contributed by atoms with van der Waals surface area (Å²) in [6.07, 6.45) is 3.39. The first-order valence-corrected chi connectivity index (χ1v) is 7.53. The van der Waals surface area contributed by atoms with E-state index in [4.69, 9.17) is 5.73 Å². The number of benzene rings is 1. The van der Waals surface area contributed by atoms with E-state index in [-0.39, 0.29) is 11.7 Å². The summed E-state index contributed by atoms with van der Waals surface area (Å²) in [5.74, 6) is -0.373. The third-order valence-electron chi connectivity index (χ3n) is 4.28. The maximum atomic E-state index is 14.2. The molecule has 0 aliphatic carbocycles. The van der Waals surface area contributed by atoms with Gasteiger partial charge in [0, 0.05) is 19.1 Å². The van der Waals surface area contributed by atoms with E-state index in [2.05, 4.69) is 6.92 Å². The van der Waals surface area contributed by atoms with E-state index < -0.39 is 11.6 Å². The maximum absolute atomic E-state index is 14.2. The van der Waals surface area contributed by atoms with Gasteiger partial charge in [0.15, 0.2) is 0 Å². The SMILES string of the molecule is CCC(N)Cc1cc(F)c(N2CCC(CC)C2)c(F)c1. The van der Waals surface area contributed by atoms with Crippen LogP contribution in [0.25, 0.3) is 0 Å². The fraction of sp³-hybridized carbons (Fsp3) is 0.625. The van der Waals surface area contributed by atoms with Crippen molar-refractivity contribution < 1.29 is 8.78 Å². The second-order valence-corrected chi connectivity index (χ2v) is 5.79. The van der Waals surface area contributed by atoms with Crippen LogP contribution in [-0.4, -0.2) is 19.1 Å². The highest BCUT2D eigenvalue weighted by Crippen LogP contribution is 2.31. The van der Waals surface area contributed by atoms with E-state index in [1.807, 2.05) is 11.8 Å². The van der Waals surface area contributed by atoms with Gasteiger partial charge in [-0.2, -0.15) is 0 Å². The van der Waals surface area contributed by atoms with E-state index in [1.54, 1.807) is 0 Å². The lowest BCUT2D eigenvalue weighted by Gasteiger charge is -2.21. The zero-order valence-corrected chi connectivity index (χ0v) is 12.3. The molecule has 1 saturated heterocycles. The molecule has 20 heavy (non-hydrogen) atoms. The van der Waals surface area contributed by atoms with Crippen molar-refractivity contribution in [2.45, 2.75) is 45.6 Å². The number of rotatable bonds is 5. The molecular weight excluding hydrogens is 258 g/mol. The van der Waals surface area contributed by atoms with Gasteiger partial charge in [0.1, 0.15) is 17.3 Å². The quantitative estimate of drug-likeness (QED) is 0.896. The van der Waals surface area contributed by atoms with Gasteiger partial charge in [-0.15, -0.1) is 0 Å². The molecule has 2 N–H and O–H groups in total. The average molecular weight is 282 g/mol. The fourth-order valence-corrected chi connectivity index (χ4v) is 2.85. The van der Waals surface area contributed by atoms with Crippen LogP contribution in [0.1, 0.15) is 38.7 Å². The molecule has 0 spiro atoms. The van der Waals surface area contributed by atoms with Crippen molar-refractivity contribution in [3.63, 3.8) is 0 Å². The molecule has 0 saturated carbocycles. The molecule has 2 nitrogen and oxygen atoms in total. The first-order valence-electron chi connectivity index (χ1n) is 7.53. The van der Waals surface area contributed by atoms with Crippen molar-refractivity contribution in [1.29, 1.82) is 0 Å². The number of halogens is 2. The largest absolute Gasteiger partial charge is 0.367 e. The molecule has 0 aromatic heterocycles. The van der Waals surface area contributed by atoms with Crippen LogP contribution in [0.15, 0.2) is 12.1 Å². The van der Waals surface area contributed by atoms with Gasteiger partial charge in [0.05, 0.1) is 0 Å². The Morgan fingerprint density at radius 1 is 1.30 bits per heavy atom. The van der Waals surface area contributed by atoms with Crippen molar-refractivity contribution in [2.75, 3.05) is 18.0 Å². The molecule has 1 aliphatic rings. The molecule has 1 aliphatic heterocycles. The normalized spacial score (nSPS) is 20.4. The lowest BCUT2D eigenvalue weighted by molar-refractivity contribution is 0.554. The summed E-state index contributed by atoms with van der Waals surface area (Å²) in [7, 11) is 0. The van der Waals surface area contributed by atoms with Gasteiger partial charge in [0.2, 0.25) is 0 Å². The molecule has 1 aromatic rings. The van der Waals surface area contributed by atoms with Crippen molar-refractivity contribution in [1.82, 2.24) is 0 Å². The highest BCUT2D eigenvalue weighted by molar-refractivity contribution is 5.51. The summed E-state index contributed by atoms with van der Waals surface area (Å²) in [5.41, 5.74) is 6.62. The lowest BCUT2D eigenvalue weighted by Crippen LogP contribution is -2.24. The van der Waals surface area contributed by atoms with Gasteiger partial charge in [-0.3, -0.25) is 0 Å². The minimum atomic E-state index is -0.458. The molecule has 1 heterocycles. The van der Waals surface area contributed by atoms with E-state index in [9.17, 15) is 8.78 Å². The molecule has 1 fully saturated rings. The first kappa shape index (κ1) is 15.2. The zero-order valence-electron chi connectivity index (χ0n) is 12.3. The summed E-state index contributed by atoms with van der Waals surface area (Å²) in [6.45, 7) is 5.58. The zero-order chi connectivity index (χ0) is 14.7. The summed E-state index contributed by atoms with van der Waals surface area (Å²) in [6, 6.07) is 2.83. The topological polar surface area (TPSA) is 29.3 Å². The molecular formula is C16H24F2N2. The maximum Gasteiger partial charge on any atom is 0.149 e. The van der Waals surface area contributed by atoms with Crippen LogP contribution in [0.4, 0.5) is 14.5 Å². The number of nitrogens with two attached hydrogens (primary N) is 1. The number of hydrogen-bond donors (Lipinski definition) is 1. The Morgan fingerprint density at radius 2 is 1.95 bits per heavy atom. The average Bonchev–Trinajstić information content (AvgIpc) is 2.86. The van der Waals surface area contributed by atoms with Gasteiger partial charge < -0.3 is 10.6 Å². The third-order valence-corrected chi connectivity index (χ3v) is 4.28. The molecule has 2 rings (SSSR count). The predicted octanol–water partition coefficient (Wildman–Crippen LogP) is 3.48. The van der Waals surface area contributed by atoms with E-state index in [0.717, 1.165) is 32.4 Å². The monoisotopic (exact) mass is 282 g/mol. The lowest BCUT2D eigenvalue weighted by atomic mass is 10.0. The second kappa shape index (κ2) is 6.53. The van der Waals surface area contributed by atoms with Gasteiger partial charge in [-0.1, -0.05) is 20.3 Å². The third kappa shape index (κ3) is 3.29. The van der Waals surface area contributed by atoms with Crippen molar-refractivity contribution in [2.24, 2.45) is 11.7 Å². The molecule has 0 radical (unpaired) electrons. The number of anilines is 1. The Kier molecular flexibility index (Phi) is 4.97. The summed E-state index contributed by atoms with van der Waals surface area (Å²) in [4.78, 5) is 1.84. The molecule has 0 bridgehead atoms. The highest BCUT2D eigenvalue weighted by atomic mass is 19.1. The Balaban J connectivity index is 2.19. The van der Waals surface area contributed by atoms with Crippen LogP contribution >= 0.6 is 0 Å². The summed E-state index contributed by atoms with van der Waals surface area (Å²) in [5, 5.41) is 0. The number of nitrogens with zero attached hydrogens (tertiary/aromatic N) is 1. The van der Waals surface area contributed by atoms with Gasteiger partial charge >= 0.3 is 0 Å². The molecule has 0 amide bonds. The summed E-state index contributed by atoms with van der Waals surface area (Å²) < 4.78 is 28.5. The minimum absolute atomic E-state index is 0.0455. The van der Waals surface area contributed by atoms with Gasteiger partial charge in [-0.05, 0) is 42.9 Å². The van der Waals surface area contributed by atoms with Crippen LogP contribution in [0.2, 0.25) is 0 Å². The van der Waals surface area contributed by atoms with Crippen LogP contribution in [0.5, 0.6) is 0 Å². The van der Waals surface area contributed by atoms with Crippen molar-refractivity contribution in [3.05, 3.63) is 29.3 Å². The first-order chi connectivity index (χ1) is 9.55. The van der Waals surface area contributed by atoms with Crippen LogP contribution in [0, 0.1) is 17.6 Å². The van der Waals surface area contributed by atoms with Crippen LogP contribution < -0.4 is 10.6 Å². The van der Waals surface area contributed by atoms with E-state index >= 15 is 0 Å². The predicted molar refractivity (Wildman–Crippen MR) is 78.9 cm³/mol. The van der Waals surface area contributed by atoms with E-state index in [1.165, 1.54) is 12.1 Å². The molecule has 112 valence electrons. The Labute approximate surface area is 120 Å². The standard InChI is InChI=1S/C16H24F2N2/c1-3-11-5-6-20(10-11)16-14(17)8-12(9-15(16)18)7-13(19)4-2/h8-9,11,13H,3-7,10,19H2,1-2H3. The molecule has 2 atom stereocenters. The minimum Gasteiger partial charge on any atom is -0.367 e. The summed E-state index contributed by atoms with van der Waals surface area (Å²) >= 11 is 0. The van der Waals surface area contributed by atoms with Crippen molar-refractivity contribution >= 4 is 5.69 Å². The Morgan fingerprint density at radius 3 is 2.45 bits per heavy atom. The molecule has 1 aromatic carbocycles. The fourth-order valence-electron chi connectivity index (χ4n) is 2.85. The van der Waals surface area contributed by atoms with Crippen LogP contribution in [0.3, 0.4) is 0 Å². The highest BCUT2D eigenvalue weighted by Gasteiger charge is 2.26. The molecule has 2 unspecified atom stereocenters.